The second kappa shape index (κ2) is 2.53. The standard InChI is InChI=1S/C7H9ClO/c1-5-3-2-4-6(5)7(8)9/h4-5H,2-3H2,1H3/t5-/m0/s1. The molecule has 9 heavy (non-hydrogen) atoms. The Labute approximate surface area is 59.7 Å². The second-order valence-corrected chi connectivity index (χ2v) is 2.75. The molecule has 1 rings (SSSR count). The van der Waals surface area contributed by atoms with E-state index in [-0.39, 0.29) is 5.24 Å². The fourth-order valence-electron chi connectivity index (χ4n) is 1.12. The van der Waals surface area contributed by atoms with Gasteiger partial charge in [-0.25, -0.2) is 0 Å². The molecule has 2 heteroatoms. The molecule has 1 atom stereocenters. The molecule has 0 spiro atoms. The highest BCUT2D eigenvalue weighted by molar-refractivity contribution is 6.67. The molecule has 1 aliphatic carbocycles. The van der Waals surface area contributed by atoms with Crippen molar-refractivity contribution >= 4 is 16.8 Å². The Balaban J connectivity index is 2.68. The first-order valence-corrected chi connectivity index (χ1v) is 3.49. The van der Waals surface area contributed by atoms with Gasteiger partial charge in [-0.05, 0) is 30.4 Å². The van der Waals surface area contributed by atoms with Crippen LogP contribution in [0.5, 0.6) is 0 Å². The van der Waals surface area contributed by atoms with Gasteiger partial charge in [-0.2, -0.15) is 0 Å². The molecular weight excluding hydrogens is 136 g/mol. The van der Waals surface area contributed by atoms with Crippen LogP contribution in [-0.2, 0) is 4.79 Å². The highest BCUT2D eigenvalue weighted by Crippen LogP contribution is 2.26. The third-order valence-electron chi connectivity index (χ3n) is 1.72. The maximum Gasteiger partial charge on any atom is 0.248 e. The summed E-state index contributed by atoms with van der Waals surface area (Å²) in [7, 11) is 0. The molecule has 0 aliphatic heterocycles. The van der Waals surface area contributed by atoms with Gasteiger partial charge in [-0.1, -0.05) is 13.0 Å². The lowest BCUT2D eigenvalue weighted by Gasteiger charge is -2.00. The summed E-state index contributed by atoms with van der Waals surface area (Å²) in [4.78, 5) is 10.6. The van der Waals surface area contributed by atoms with Crippen LogP contribution < -0.4 is 0 Å². The van der Waals surface area contributed by atoms with Crippen molar-refractivity contribution in [3.05, 3.63) is 11.6 Å². The molecule has 0 aromatic carbocycles. The number of halogens is 1. The van der Waals surface area contributed by atoms with E-state index in [1.807, 2.05) is 13.0 Å². The first-order valence-electron chi connectivity index (χ1n) is 3.11. The molecule has 0 bridgehead atoms. The molecule has 0 saturated carbocycles. The first-order chi connectivity index (χ1) is 4.22. The van der Waals surface area contributed by atoms with Gasteiger partial charge < -0.3 is 0 Å². The van der Waals surface area contributed by atoms with E-state index >= 15 is 0 Å². The minimum absolute atomic E-state index is 0.278. The number of carbonyl (C=O) groups is 1. The maximum atomic E-state index is 10.6. The average Bonchev–Trinajstić information content (AvgIpc) is 2.13. The van der Waals surface area contributed by atoms with Gasteiger partial charge in [0.05, 0.1) is 0 Å². The Bertz CT molecular complexity index is 160. The lowest BCUT2D eigenvalue weighted by molar-refractivity contribution is -0.108. The summed E-state index contributed by atoms with van der Waals surface area (Å²) in [5, 5.41) is -0.278. The van der Waals surface area contributed by atoms with Crippen LogP contribution in [0.3, 0.4) is 0 Å². The Kier molecular flexibility index (Phi) is 1.91. The molecule has 1 nitrogen and oxygen atoms in total. The van der Waals surface area contributed by atoms with Gasteiger partial charge in [0.15, 0.2) is 0 Å². The molecular formula is C7H9ClO. The van der Waals surface area contributed by atoms with Crippen LogP contribution in [-0.4, -0.2) is 5.24 Å². The van der Waals surface area contributed by atoms with Crippen molar-refractivity contribution in [1.29, 1.82) is 0 Å². The van der Waals surface area contributed by atoms with E-state index in [0.717, 1.165) is 18.4 Å². The minimum Gasteiger partial charge on any atom is -0.276 e. The lowest BCUT2D eigenvalue weighted by atomic mass is 10.1. The van der Waals surface area contributed by atoms with Gasteiger partial charge in [-0.15, -0.1) is 0 Å². The van der Waals surface area contributed by atoms with Crippen molar-refractivity contribution in [2.75, 3.05) is 0 Å². The van der Waals surface area contributed by atoms with Crippen molar-refractivity contribution < 1.29 is 4.79 Å². The van der Waals surface area contributed by atoms with E-state index in [2.05, 4.69) is 0 Å². The fraction of sp³-hybridized carbons (Fsp3) is 0.571. The molecule has 0 aromatic heterocycles. The fourth-order valence-corrected chi connectivity index (χ4v) is 1.38. The lowest BCUT2D eigenvalue weighted by Crippen LogP contribution is -1.99. The number of carbonyl (C=O) groups excluding carboxylic acids is 1. The number of allylic oxidation sites excluding steroid dienone is 2. The van der Waals surface area contributed by atoms with Gasteiger partial charge in [0.1, 0.15) is 0 Å². The van der Waals surface area contributed by atoms with Gasteiger partial charge in [-0.3, -0.25) is 4.79 Å². The summed E-state index contributed by atoms with van der Waals surface area (Å²) >= 11 is 5.27. The van der Waals surface area contributed by atoms with Crippen molar-refractivity contribution in [3.8, 4) is 0 Å². The molecule has 0 fully saturated rings. The predicted octanol–water partition coefficient (Wildman–Crippen LogP) is 2.11. The van der Waals surface area contributed by atoms with Gasteiger partial charge >= 0.3 is 0 Å². The van der Waals surface area contributed by atoms with Crippen LogP contribution in [0.2, 0.25) is 0 Å². The zero-order valence-electron chi connectivity index (χ0n) is 5.36. The summed E-state index contributed by atoms with van der Waals surface area (Å²) in [5.41, 5.74) is 0.802. The number of hydrogen-bond donors (Lipinski definition) is 0. The summed E-state index contributed by atoms with van der Waals surface area (Å²) in [6.07, 6.45) is 4.02. The molecule has 0 aromatic rings. The zero-order chi connectivity index (χ0) is 6.85. The Morgan fingerprint density at radius 3 is 2.78 bits per heavy atom. The smallest absolute Gasteiger partial charge is 0.248 e. The van der Waals surface area contributed by atoms with Crippen molar-refractivity contribution in [1.82, 2.24) is 0 Å². The van der Waals surface area contributed by atoms with Gasteiger partial charge in [0.25, 0.3) is 0 Å². The van der Waals surface area contributed by atoms with Crippen LogP contribution in [0.4, 0.5) is 0 Å². The molecule has 50 valence electrons. The largest absolute Gasteiger partial charge is 0.276 e. The Morgan fingerprint density at radius 2 is 2.56 bits per heavy atom. The van der Waals surface area contributed by atoms with Crippen LogP contribution in [0, 0.1) is 5.92 Å². The van der Waals surface area contributed by atoms with E-state index in [1.165, 1.54) is 0 Å². The molecule has 0 heterocycles. The van der Waals surface area contributed by atoms with Crippen molar-refractivity contribution in [3.63, 3.8) is 0 Å². The molecule has 0 saturated heterocycles. The van der Waals surface area contributed by atoms with E-state index in [4.69, 9.17) is 11.6 Å². The second-order valence-electron chi connectivity index (χ2n) is 2.41. The summed E-state index contributed by atoms with van der Waals surface area (Å²) in [6.45, 7) is 2.03. The highest BCUT2D eigenvalue weighted by Gasteiger charge is 2.18. The average molecular weight is 145 g/mol. The monoisotopic (exact) mass is 144 g/mol. The van der Waals surface area contributed by atoms with E-state index in [9.17, 15) is 4.79 Å². The molecule has 0 unspecified atom stereocenters. The van der Waals surface area contributed by atoms with E-state index < -0.39 is 0 Å². The van der Waals surface area contributed by atoms with Crippen LogP contribution in [0.15, 0.2) is 11.6 Å². The zero-order valence-corrected chi connectivity index (χ0v) is 6.11. The van der Waals surface area contributed by atoms with Gasteiger partial charge in [0, 0.05) is 5.57 Å². The van der Waals surface area contributed by atoms with Crippen LogP contribution >= 0.6 is 11.6 Å². The Morgan fingerprint density at radius 1 is 1.89 bits per heavy atom. The Hall–Kier alpha value is -0.300. The minimum atomic E-state index is -0.278. The maximum absolute atomic E-state index is 10.6. The van der Waals surface area contributed by atoms with Crippen molar-refractivity contribution in [2.24, 2.45) is 5.92 Å². The molecule has 1 aliphatic rings. The predicted molar refractivity (Wildman–Crippen MR) is 37.3 cm³/mol. The summed E-state index contributed by atoms with van der Waals surface area (Å²) in [6, 6.07) is 0. The van der Waals surface area contributed by atoms with Crippen molar-refractivity contribution in [2.45, 2.75) is 19.8 Å². The first kappa shape index (κ1) is 6.81. The number of hydrogen-bond acceptors (Lipinski definition) is 1. The van der Waals surface area contributed by atoms with Crippen LogP contribution in [0.1, 0.15) is 19.8 Å². The SMILES string of the molecule is C[C@H]1CCC=C1C(=O)Cl. The normalized spacial score (nSPS) is 26.0. The van der Waals surface area contributed by atoms with E-state index in [0.29, 0.717) is 5.92 Å². The number of rotatable bonds is 1. The third-order valence-corrected chi connectivity index (χ3v) is 1.94. The third kappa shape index (κ3) is 1.33. The molecule has 0 amide bonds. The van der Waals surface area contributed by atoms with Crippen LogP contribution in [0.25, 0.3) is 0 Å². The summed E-state index contributed by atoms with van der Waals surface area (Å²) in [5.74, 6) is 0.384. The molecule has 0 N–H and O–H groups in total. The highest BCUT2D eigenvalue weighted by atomic mass is 35.5. The van der Waals surface area contributed by atoms with E-state index in [1.54, 1.807) is 0 Å². The summed E-state index contributed by atoms with van der Waals surface area (Å²) < 4.78 is 0. The topological polar surface area (TPSA) is 17.1 Å². The van der Waals surface area contributed by atoms with Gasteiger partial charge in [0.2, 0.25) is 5.24 Å². The quantitative estimate of drug-likeness (QED) is 0.516. The molecule has 0 radical (unpaired) electrons.